The summed E-state index contributed by atoms with van der Waals surface area (Å²) in [6, 6.07) is 3.89. The highest BCUT2D eigenvalue weighted by atomic mass is 16.3. The van der Waals surface area contributed by atoms with Crippen molar-refractivity contribution in [3.05, 3.63) is 24.0 Å². The van der Waals surface area contributed by atoms with E-state index in [2.05, 4.69) is 16.8 Å². The van der Waals surface area contributed by atoms with Crippen LogP contribution in [-0.2, 0) is 0 Å². The molecule has 96 valence electrons. The number of aliphatic hydroxyl groups is 1. The fourth-order valence-electron chi connectivity index (χ4n) is 1.71. The van der Waals surface area contributed by atoms with Crippen LogP contribution in [0, 0.1) is 0 Å². The lowest BCUT2D eigenvalue weighted by molar-refractivity contribution is 0.0876. The van der Waals surface area contributed by atoms with Crippen LogP contribution >= 0.6 is 0 Å². The van der Waals surface area contributed by atoms with Crippen LogP contribution < -0.4 is 10.6 Å². The SMILES string of the molecule is CCN(CC(C)(C)O)c1ccc([C@H](C)N)nc1. The van der Waals surface area contributed by atoms with E-state index in [1.165, 1.54) is 0 Å². The van der Waals surface area contributed by atoms with Gasteiger partial charge in [0.2, 0.25) is 0 Å². The Morgan fingerprint density at radius 1 is 1.47 bits per heavy atom. The van der Waals surface area contributed by atoms with Crippen molar-refractivity contribution in [3.63, 3.8) is 0 Å². The molecule has 0 bridgehead atoms. The third-order valence-electron chi connectivity index (χ3n) is 2.56. The highest BCUT2D eigenvalue weighted by Gasteiger charge is 2.17. The molecule has 4 heteroatoms. The van der Waals surface area contributed by atoms with Crippen molar-refractivity contribution in [3.8, 4) is 0 Å². The standard InChI is InChI=1S/C13H23N3O/c1-5-16(9-13(3,4)17)11-6-7-12(10(2)14)15-8-11/h6-8,10,17H,5,9,14H2,1-4H3/t10-/m0/s1. The molecule has 0 aromatic carbocycles. The van der Waals surface area contributed by atoms with E-state index in [-0.39, 0.29) is 6.04 Å². The summed E-state index contributed by atoms with van der Waals surface area (Å²) in [4.78, 5) is 6.42. The van der Waals surface area contributed by atoms with Gasteiger partial charge in [0, 0.05) is 19.1 Å². The van der Waals surface area contributed by atoms with Gasteiger partial charge in [-0.05, 0) is 39.8 Å². The monoisotopic (exact) mass is 237 g/mol. The number of hydrogen-bond donors (Lipinski definition) is 2. The fourth-order valence-corrected chi connectivity index (χ4v) is 1.71. The van der Waals surface area contributed by atoms with Crippen molar-refractivity contribution >= 4 is 5.69 Å². The molecule has 0 amide bonds. The molecular formula is C13H23N3O. The Labute approximate surface area is 103 Å². The normalized spacial score (nSPS) is 13.5. The first-order valence-corrected chi connectivity index (χ1v) is 6.02. The molecule has 0 aliphatic rings. The van der Waals surface area contributed by atoms with Crippen molar-refractivity contribution < 1.29 is 5.11 Å². The number of rotatable bonds is 5. The number of pyridine rings is 1. The highest BCUT2D eigenvalue weighted by molar-refractivity contribution is 5.45. The van der Waals surface area contributed by atoms with Gasteiger partial charge in [-0.15, -0.1) is 0 Å². The van der Waals surface area contributed by atoms with Gasteiger partial charge in [-0.3, -0.25) is 4.98 Å². The van der Waals surface area contributed by atoms with E-state index in [0.717, 1.165) is 17.9 Å². The van der Waals surface area contributed by atoms with Gasteiger partial charge >= 0.3 is 0 Å². The summed E-state index contributed by atoms with van der Waals surface area (Å²) >= 11 is 0. The predicted molar refractivity (Wildman–Crippen MR) is 71.0 cm³/mol. The van der Waals surface area contributed by atoms with Gasteiger partial charge in [0.1, 0.15) is 0 Å². The molecule has 0 radical (unpaired) electrons. The van der Waals surface area contributed by atoms with Crippen LogP contribution in [0.3, 0.4) is 0 Å². The average Bonchev–Trinajstić information content (AvgIpc) is 2.25. The topological polar surface area (TPSA) is 62.4 Å². The van der Waals surface area contributed by atoms with E-state index in [9.17, 15) is 5.11 Å². The number of nitrogens with zero attached hydrogens (tertiary/aromatic N) is 2. The Morgan fingerprint density at radius 2 is 2.12 bits per heavy atom. The van der Waals surface area contributed by atoms with Crippen LogP contribution in [-0.4, -0.2) is 28.8 Å². The number of hydrogen-bond acceptors (Lipinski definition) is 4. The summed E-state index contributed by atoms with van der Waals surface area (Å²) in [6.45, 7) is 9.01. The van der Waals surface area contributed by atoms with E-state index in [0.29, 0.717) is 6.54 Å². The molecule has 0 spiro atoms. The van der Waals surface area contributed by atoms with Crippen molar-refractivity contribution in [1.82, 2.24) is 4.98 Å². The van der Waals surface area contributed by atoms with Gasteiger partial charge in [0.15, 0.2) is 0 Å². The van der Waals surface area contributed by atoms with Gasteiger partial charge in [-0.25, -0.2) is 0 Å². The van der Waals surface area contributed by atoms with Crippen LogP contribution in [0.25, 0.3) is 0 Å². The molecule has 0 aliphatic heterocycles. The van der Waals surface area contributed by atoms with Gasteiger partial charge in [0.05, 0.1) is 23.2 Å². The Bertz CT molecular complexity index is 341. The minimum absolute atomic E-state index is 0.0478. The highest BCUT2D eigenvalue weighted by Crippen LogP contribution is 2.17. The Kier molecular flexibility index (Phi) is 4.48. The summed E-state index contributed by atoms with van der Waals surface area (Å²) < 4.78 is 0. The number of anilines is 1. The van der Waals surface area contributed by atoms with Gasteiger partial charge in [0.25, 0.3) is 0 Å². The Hall–Kier alpha value is -1.13. The first-order valence-electron chi connectivity index (χ1n) is 6.02. The third kappa shape index (κ3) is 4.32. The molecule has 17 heavy (non-hydrogen) atoms. The largest absolute Gasteiger partial charge is 0.389 e. The smallest absolute Gasteiger partial charge is 0.0765 e. The molecule has 1 heterocycles. The molecule has 0 unspecified atom stereocenters. The van der Waals surface area contributed by atoms with E-state index in [1.54, 1.807) is 13.8 Å². The van der Waals surface area contributed by atoms with Crippen molar-refractivity contribution in [1.29, 1.82) is 0 Å². The molecule has 0 aliphatic carbocycles. The first kappa shape index (κ1) is 13.9. The maximum absolute atomic E-state index is 9.84. The van der Waals surface area contributed by atoms with Crippen molar-refractivity contribution in [2.45, 2.75) is 39.3 Å². The number of nitrogens with two attached hydrogens (primary N) is 1. The zero-order valence-corrected chi connectivity index (χ0v) is 11.1. The molecule has 0 fully saturated rings. The Morgan fingerprint density at radius 3 is 2.47 bits per heavy atom. The van der Waals surface area contributed by atoms with Crippen LogP contribution in [0.1, 0.15) is 39.4 Å². The van der Waals surface area contributed by atoms with Gasteiger partial charge < -0.3 is 15.7 Å². The Balaban J connectivity index is 2.82. The molecule has 0 saturated heterocycles. The van der Waals surface area contributed by atoms with E-state index < -0.39 is 5.60 Å². The fraction of sp³-hybridized carbons (Fsp3) is 0.615. The number of likely N-dealkylation sites (N-methyl/N-ethyl adjacent to an activating group) is 1. The maximum atomic E-state index is 9.84. The van der Waals surface area contributed by atoms with E-state index in [4.69, 9.17) is 5.73 Å². The van der Waals surface area contributed by atoms with Gasteiger partial charge in [-0.2, -0.15) is 0 Å². The van der Waals surface area contributed by atoms with E-state index >= 15 is 0 Å². The summed E-state index contributed by atoms with van der Waals surface area (Å²) in [5.41, 5.74) is 6.94. The predicted octanol–water partition coefficient (Wildman–Crippen LogP) is 1.70. The average molecular weight is 237 g/mol. The molecule has 1 atom stereocenters. The first-order chi connectivity index (χ1) is 7.83. The van der Waals surface area contributed by atoms with Gasteiger partial charge in [-0.1, -0.05) is 0 Å². The maximum Gasteiger partial charge on any atom is 0.0765 e. The van der Waals surface area contributed by atoms with E-state index in [1.807, 2.05) is 25.3 Å². The molecule has 1 rings (SSSR count). The zero-order valence-electron chi connectivity index (χ0n) is 11.1. The minimum atomic E-state index is -0.712. The summed E-state index contributed by atoms with van der Waals surface area (Å²) in [6.07, 6.45) is 1.81. The molecule has 3 N–H and O–H groups in total. The second-order valence-electron chi connectivity index (χ2n) is 5.06. The van der Waals surface area contributed by atoms with Crippen LogP contribution in [0.15, 0.2) is 18.3 Å². The molecule has 1 aromatic heterocycles. The lowest BCUT2D eigenvalue weighted by Gasteiger charge is -2.29. The second kappa shape index (κ2) is 5.47. The van der Waals surface area contributed by atoms with Crippen LogP contribution in [0.4, 0.5) is 5.69 Å². The molecular weight excluding hydrogens is 214 g/mol. The second-order valence-corrected chi connectivity index (χ2v) is 5.06. The van der Waals surface area contributed by atoms with Crippen molar-refractivity contribution in [2.24, 2.45) is 5.73 Å². The lowest BCUT2D eigenvalue weighted by Crippen LogP contribution is -2.38. The molecule has 0 saturated carbocycles. The number of aromatic nitrogens is 1. The lowest BCUT2D eigenvalue weighted by atomic mass is 10.1. The van der Waals surface area contributed by atoms with Crippen molar-refractivity contribution in [2.75, 3.05) is 18.0 Å². The minimum Gasteiger partial charge on any atom is -0.389 e. The summed E-state index contributed by atoms with van der Waals surface area (Å²) in [5.74, 6) is 0. The molecule has 1 aromatic rings. The summed E-state index contributed by atoms with van der Waals surface area (Å²) in [5, 5.41) is 9.84. The summed E-state index contributed by atoms with van der Waals surface area (Å²) in [7, 11) is 0. The van der Waals surface area contributed by atoms with Crippen LogP contribution in [0.2, 0.25) is 0 Å². The van der Waals surface area contributed by atoms with Crippen LogP contribution in [0.5, 0.6) is 0 Å². The zero-order chi connectivity index (χ0) is 13.1. The third-order valence-corrected chi connectivity index (χ3v) is 2.56. The molecule has 4 nitrogen and oxygen atoms in total. The quantitative estimate of drug-likeness (QED) is 0.818.